The fraction of sp³-hybridized carbons (Fsp3) is 0.700. The van der Waals surface area contributed by atoms with Crippen LogP contribution in [-0.2, 0) is 24.0 Å². The first kappa shape index (κ1) is 32.9. The van der Waals surface area contributed by atoms with Crippen molar-refractivity contribution in [1.29, 1.82) is 0 Å². The van der Waals surface area contributed by atoms with E-state index in [0.717, 1.165) is 0 Å². The lowest BCUT2D eigenvalue weighted by atomic mass is 10.0. The van der Waals surface area contributed by atoms with Crippen LogP contribution >= 0.6 is 12.6 Å². The smallest absolute Gasteiger partial charge is 0.327 e. The Hall–Kier alpha value is -3.11. The fourth-order valence-electron chi connectivity index (χ4n) is 2.95. The molecule has 0 spiro atoms. The van der Waals surface area contributed by atoms with Crippen LogP contribution in [-0.4, -0.2) is 88.8 Å². The molecule has 4 atom stereocenters. The van der Waals surface area contributed by atoms with Crippen molar-refractivity contribution >= 4 is 48.2 Å². The number of aliphatic imine (C=N–C) groups is 1. The molecular weight excluding hydrogens is 496 g/mol. The van der Waals surface area contributed by atoms with Gasteiger partial charge < -0.3 is 49.1 Å². The molecule has 0 fully saturated rings. The number of carbonyl (C=O) groups excluding carboxylic acids is 3. The maximum atomic E-state index is 13.1. The zero-order chi connectivity index (χ0) is 27.7. The molecule has 0 radical (unpaired) electrons. The first-order chi connectivity index (χ1) is 16.9. The van der Waals surface area contributed by atoms with Crippen molar-refractivity contribution in [3.05, 3.63) is 0 Å². The van der Waals surface area contributed by atoms with Crippen molar-refractivity contribution in [1.82, 2.24) is 16.0 Å². The Morgan fingerprint density at radius 3 is 1.81 bits per heavy atom. The van der Waals surface area contributed by atoms with Gasteiger partial charge >= 0.3 is 11.9 Å². The lowest BCUT2D eigenvalue weighted by Gasteiger charge is -2.25. The van der Waals surface area contributed by atoms with Gasteiger partial charge in [0.05, 0.1) is 6.04 Å². The molecule has 0 bridgehead atoms. The van der Waals surface area contributed by atoms with Crippen molar-refractivity contribution in [3.63, 3.8) is 0 Å². The second-order valence-electron chi connectivity index (χ2n) is 7.98. The minimum absolute atomic E-state index is 0.0749. The van der Waals surface area contributed by atoms with Crippen molar-refractivity contribution in [3.8, 4) is 0 Å². The van der Waals surface area contributed by atoms with Crippen LogP contribution in [0.1, 0.15) is 44.9 Å². The fourth-order valence-corrected chi connectivity index (χ4v) is 3.20. The highest BCUT2D eigenvalue weighted by Crippen LogP contribution is 2.06. The van der Waals surface area contributed by atoms with Crippen molar-refractivity contribution < 1.29 is 34.2 Å². The third-order valence-electron chi connectivity index (χ3n) is 4.96. The molecule has 0 heterocycles. The number of thiol groups is 1. The molecule has 0 aromatic rings. The minimum Gasteiger partial charge on any atom is -0.481 e. The summed E-state index contributed by atoms with van der Waals surface area (Å²) in [6, 6.07) is -4.70. The Labute approximate surface area is 214 Å². The molecule has 4 unspecified atom stereocenters. The highest BCUT2D eigenvalue weighted by Gasteiger charge is 2.29. The molecule has 15 nitrogen and oxygen atoms in total. The molecule has 0 aliphatic carbocycles. The molecule has 0 rings (SSSR count). The van der Waals surface area contributed by atoms with E-state index in [4.69, 9.17) is 28.0 Å². The Kier molecular flexibility index (Phi) is 16.6. The van der Waals surface area contributed by atoms with E-state index in [1.807, 2.05) is 0 Å². The number of nitrogens with one attached hydrogen (secondary N) is 3. The Bertz CT molecular complexity index is 779. The molecule has 36 heavy (non-hydrogen) atoms. The first-order valence-corrected chi connectivity index (χ1v) is 12.0. The third kappa shape index (κ3) is 14.3. The van der Waals surface area contributed by atoms with E-state index in [1.54, 1.807) is 0 Å². The van der Waals surface area contributed by atoms with Gasteiger partial charge in [0, 0.05) is 18.7 Å². The van der Waals surface area contributed by atoms with E-state index in [2.05, 4.69) is 33.6 Å². The summed E-state index contributed by atoms with van der Waals surface area (Å²) in [5.74, 6) is -4.92. The summed E-state index contributed by atoms with van der Waals surface area (Å²) in [6.07, 6.45) is 1.07. The molecule has 0 saturated heterocycles. The lowest BCUT2D eigenvalue weighted by molar-refractivity contribution is -0.141. The van der Waals surface area contributed by atoms with E-state index in [0.29, 0.717) is 19.4 Å². The molecule has 0 aliphatic heterocycles. The van der Waals surface area contributed by atoms with Gasteiger partial charge in [-0.15, -0.1) is 0 Å². The molecule has 16 heteroatoms. The SMILES string of the molecule is NCCCCC(NC(=O)C(CCCN=C(N)N)NC(=O)C(N)CCC(=O)O)C(=O)NC(CS)C(=O)O. The van der Waals surface area contributed by atoms with Crippen LogP contribution in [0, 0.1) is 0 Å². The quantitative estimate of drug-likeness (QED) is 0.0341. The first-order valence-electron chi connectivity index (χ1n) is 11.4. The Balaban J connectivity index is 5.53. The number of carbonyl (C=O) groups is 5. The van der Waals surface area contributed by atoms with Gasteiger partial charge in [-0.1, -0.05) is 0 Å². The summed E-state index contributed by atoms with van der Waals surface area (Å²) < 4.78 is 0. The van der Waals surface area contributed by atoms with Gasteiger partial charge in [-0.05, 0) is 45.1 Å². The van der Waals surface area contributed by atoms with Crippen LogP contribution in [0.3, 0.4) is 0 Å². The van der Waals surface area contributed by atoms with Crippen LogP contribution in [0.2, 0.25) is 0 Å². The van der Waals surface area contributed by atoms with Gasteiger partial charge in [0.25, 0.3) is 0 Å². The highest BCUT2D eigenvalue weighted by atomic mass is 32.1. The average molecular weight is 535 g/mol. The number of amides is 3. The molecule has 0 aliphatic rings. The van der Waals surface area contributed by atoms with Gasteiger partial charge in [-0.3, -0.25) is 24.2 Å². The highest BCUT2D eigenvalue weighted by molar-refractivity contribution is 7.80. The predicted molar refractivity (Wildman–Crippen MR) is 135 cm³/mol. The molecular formula is C20H38N8O7S. The van der Waals surface area contributed by atoms with Crippen LogP contribution in [0.15, 0.2) is 4.99 Å². The number of hydrogen-bond donors (Lipinski definition) is 10. The van der Waals surface area contributed by atoms with E-state index in [-0.39, 0.29) is 50.4 Å². The molecule has 13 N–H and O–H groups in total. The molecule has 0 saturated carbocycles. The topological polar surface area (TPSA) is 278 Å². The van der Waals surface area contributed by atoms with Crippen LogP contribution in [0.5, 0.6) is 0 Å². The number of nitrogens with zero attached hydrogens (tertiary/aromatic N) is 1. The summed E-state index contributed by atoms with van der Waals surface area (Å²) in [4.78, 5) is 64.1. The number of guanidine groups is 1. The maximum absolute atomic E-state index is 13.1. The lowest BCUT2D eigenvalue weighted by Crippen LogP contribution is -2.57. The summed E-state index contributed by atoms with van der Waals surface area (Å²) in [7, 11) is 0. The second kappa shape index (κ2) is 18.2. The van der Waals surface area contributed by atoms with Gasteiger partial charge in [-0.2, -0.15) is 12.6 Å². The summed E-state index contributed by atoms with van der Waals surface area (Å²) in [5, 5.41) is 25.3. The van der Waals surface area contributed by atoms with E-state index in [9.17, 15) is 29.1 Å². The normalized spacial score (nSPS) is 14.0. The summed E-state index contributed by atoms with van der Waals surface area (Å²) >= 11 is 3.91. The van der Waals surface area contributed by atoms with Gasteiger partial charge in [0.15, 0.2) is 5.96 Å². The van der Waals surface area contributed by atoms with Gasteiger partial charge in [0.2, 0.25) is 17.7 Å². The Morgan fingerprint density at radius 1 is 0.806 bits per heavy atom. The number of rotatable bonds is 19. The Morgan fingerprint density at radius 2 is 1.33 bits per heavy atom. The summed E-state index contributed by atoms with van der Waals surface area (Å²) in [5.41, 5.74) is 21.8. The van der Waals surface area contributed by atoms with Crippen LogP contribution in [0.4, 0.5) is 0 Å². The number of unbranched alkanes of at least 4 members (excludes halogenated alkanes) is 1. The van der Waals surface area contributed by atoms with E-state index < -0.39 is 53.8 Å². The standard InChI is InChI=1S/C20H38N8O7S/c21-8-2-1-4-12(18(33)28-14(10-36)19(34)35)27-17(32)13(5-3-9-25-20(23)24)26-16(31)11(22)6-7-15(29)30/h11-14,36H,1-10,21-22H2,(H,26,31)(H,27,32)(H,28,33)(H,29,30)(H,34,35)(H4,23,24,25). The summed E-state index contributed by atoms with van der Waals surface area (Å²) in [6.45, 7) is 0.518. The van der Waals surface area contributed by atoms with Gasteiger partial charge in [-0.25, -0.2) is 4.79 Å². The second-order valence-corrected chi connectivity index (χ2v) is 8.34. The van der Waals surface area contributed by atoms with Crippen molar-refractivity contribution in [2.45, 2.75) is 69.1 Å². The number of carboxylic acids is 2. The molecule has 0 aromatic heterocycles. The van der Waals surface area contributed by atoms with Crippen LogP contribution < -0.4 is 38.9 Å². The van der Waals surface area contributed by atoms with Crippen molar-refractivity contribution in [2.75, 3.05) is 18.8 Å². The zero-order valence-corrected chi connectivity index (χ0v) is 20.9. The molecule has 0 aromatic carbocycles. The zero-order valence-electron chi connectivity index (χ0n) is 20.0. The minimum atomic E-state index is -1.29. The average Bonchev–Trinajstić information content (AvgIpc) is 2.81. The number of carboxylic acid groups (broad SMARTS) is 2. The maximum Gasteiger partial charge on any atom is 0.327 e. The molecule has 3 amide bonds. The number of nitrogens with two attached hydrogens (primary N) is 4. The predicted octanol–water partition coefficient (Wildman–Crippen LogP) is -3.17. The van der Waals surface area contributed by atoms with Crippen LogP contribution in [0.25, 0.3) is 0 Å². The third-order valence-corrected chi connectivity index (χ3v) is 5.33. The molecule has 206 valence electrons. The van der Waals surface area contributed by atoms with Crippen molar-refractivity contribution in [2.24, 2.45) is 27.9 Å². The van der Waals surface area contributed by atoms with E-state index >= 15 is 0 Å². The number of aliphatic carboxylic acids is 2. The van der Waals surface area contributed by atoms with Gasteiger partial charge in [0.1, 0.15) is 18.1 Å². The number of hydrogen-bond acceptors (Lipinski definition) is 9. The monoisotopic (exact) mass is 534 g/mol. The van der Waals surface area contributed by atoms with E-state index in [1.165, 1.54) is 0 Å². The largest absolute Gasteiger partial charge is 0.481 e.